The summed E-state index contributed by atoms with van der Waals surface area (Å²) >= 11 is 0. The van der Waals surface area contributed by atoms with Crippen molar-refractivity contribution in [2.75, 3.05) is 10.6 Å². The predicted octanol–water partition coefficient (Wildman–Crippen LogP) is 2.05. The Bertz CT molecular complexity index is 643. The molecule has 1 aromatic rings. The largest absolute Gasteiger partial charge is 0.479 e. The van der Waals surface area contributed by atoms with Crippen molar-refractivity contribution in [2.24, 2.45) is 0 Å². The van der Waals surface area contributed by atoms with Gasteiger partial charge in [-0.05, 0) is 32.0 Å². The molecule has 1 aromatic carbocycles. The average Bonchev–Trinajstić information content (AvgIpc) is 2.38. The van der Waals surface area contributed by atoms with Crippen LogP contribution in [0.15, 0.2) is 18.2 Å². The van der Waals surface area contributed by atoms with Gasteiger partial charge in [-0.15, -0.1) is 0 Å². The molecule has 9 heteroatoms. The van der Waals surface area contributed by atoms with E-state index in [0.29, 0.717) is 18.4 Å². The fourth-order valence-corrected chi connectivity index (χ4v) is 1.90. The Labute approximate surface area is 129 Å². The van der Waals surface area contributed by atoms with Crippen LogP contribution in [0.4, 0.5) is 24.5 Å². The molecule has 2 atom stereocenters. The lowest BCUT2D eigenvalue weighted by Gasteiger charge is -2.26. The Balaban J connectivity index is 2.08. The molecule has 6 nitrogen and oxygen atoms in total. The maximum atomic E-state index is 12.5. The van der Waals surface area contributed by atoms with Gasteiger partial charge in [0.05, 0.1) is 12.1 Å². The van der Waals surface area contributed by atoms with Gasteiger partial charge in [-0.3, -0.25) is 9.59 Å². The third kappa shape index (κ3) is 3.73. The molecule has 0 unspecified atom stereocenters. The monoisotopic (exact) mass is 332 g/mol. The van der Waals surface area contributed by atoms with Gasteiger partial charge in [0.1, 0.15) is 5.75 Å². The molecule has 3 N–H and O–H groups in total. The minimum atomic E-state index is -4.92. The molecule has 23 heavy (non-hydrogen) atoms. The number of anilines is 2. The lowest BCUT2D eigenvalue weighted by atomic mass is 10.0. The second-order valence-corrected chi connectivity index (χ2v) is 5.46. The van der Waals surface area contributed by atoms with Gasteiger partial charge < -0.3 is 20.5 Å². The van der Waals surface area contributed by atoms with E-state index < -0.39 is 30.2 Å². The number of benzene rings is 1. The highest BCUT2D eigenvalue weighted by molar-refractivity contribution is 5.99. The summed E-state index contributed by atoms with van der Waals surface area (Å²) in [4.78, 5) is 23.2. The summed E-state index contributed by atoms with van der Waals surface area (Å²) in [5, 5.41) is 14.1. The highest BCUT2D eigenvalue weighted by Crippen LogP contribution is 2.34. The number of alkyl halides is 3. The Morgan fingerprint density at radius 2 is 2.09 bits per heavy atom. The molecule has 0 saturated heterocycles. The first-order valence-corrected chi connectivity index (χ1v) is 6.70. The lowest BCUT2D eigenvalue weighted by molar-refractivity contribution is -0.252. The maximum absolute atomic E-state index is 12.5. The summed E-state index contributed by atoms with van der Waals surface area (Å²) in [7, 11) is 0. The van der Waals surface area contributed by atoms with E-state index >= 15 is 0 Å². The number of hydrogen-bond donors (Lipinski definition) is 3. The van der Waals surface area contributed by atoms with Crippen LogP contribution in [0.25, 0.3) is 0 Å². The number of aliphatic hydroxyl groups is 1. The Hall–Kier alpha value is -2.29. The zero-order valence-electron chi connectivity index (χ0n) is 12.3. The summed E-state index contributed by atoms with van der Waals surface area (Å²) in [5.41, 5.74) is -2.66. The van der Waals surface area contributed by atoms with Crippen LogP contribution in [0.5, 0.6) is 5.75 Å². The SMILES string of the molecule is C[C@@H]1Oc2ccc(NC(=O)C[C@](C)(O)C(F)(F)F)cc2NC1=O. The number of nitrogens with one attached hydrogen (secondary N) is 2. The minimum Gasteiger partial charge on any atom is -0.479 e. The standard InChI is InChI=1S/C14H15F3N2O4/c1-7-12(21)19-9-5-8(3-4-10(9)23-7)18-11(20)6-13(2,22)14(15,16)17/h3-5,7,22H,6H2,1-2H3,(H,18,20)(H,19,21)/t7-,13-/m0/s1. The fraction of sp³-hybridized carbons (Fsp3) is 0.429. The van der Waals surface area contributed by atoms with Crippen molar-refractivity contribution in [2.45, 2.75) is 38.1 Å². The van der Waals surface area contributed by atoms with Crippen LogP contribution >= 0.6 is 0 Å². The zero-order valence-corrected chi connectivity index (χ0v) is 12.3. The van der Waals surface area contributed by atoms with Crippen LogP contribution in [0.3, 0.4) is 0 Å². The number of fused-ring (bicyclic) bond motifs is 1. The fourth-order valence-electron chi connectivity index (χ4n) is 1.90. The van der Waals surface area contributed by atoms with Crippen LogP contribution < -0.4 is 15.4 Å². The maximum Gasteiger partial charge on any atom is 0.417 e. The van der Waals surface area contributed by atoms with Gasteiger partial charge in [0.2, 0.25) is 5.91 Å². The summed E-state index contributed by atoms with van der Waals surface area (Å²) in [6.45, 7) is 2.09. The van der Waals surface area contributed by atoms with E-state index in [0.717, 1.165) is 0 Å². The molecule has 0 aromatic heterocycles. The molecule has 0 aliphatic carbocycles. The van der Waals surface area contributed by atoms with Crippen molar-refractivity contribution in [1.82, 2.24) is 0 Å². The van der Waals surface area contributed by atoms with Gasteiger partial charge in [0, 0.05) is 5.69 Å². The quantitative estimate of drug-likeness (QED) is 0.790. The second kappa shape index (κ2) is 5.73. The molecular weight excluding hydrogens is 317 g/mol. The number of halogens is 3. The van der Waals surface area contributed by atoms with Crippen molar-refractivity contribution in [3.8, 4) is 5.75 Å². The Kier molecular flexibility index (Phi) is 4.25. The third-order valence-corrected chi connectivity index (χ3v) is 3.31. The summed E-state index contributed by atoms with van der Waals surface area (Å²) < 4.78 is 42.9. The second-order valence-electron chi connectivity index (χ2n) is 5.46. The third-order valence-electron chi connectivity index (χ3n) is 3.31. The normalized spacial score (nSPS) is 19.9. The lowest BCUT2D eigenvalue weighted by Crippen LogP contribution is -2.44. The van der Waals surface area contributed by atoms with E-state index in [9.17, 15) is 27.9 Å². The molecule has 1 aliphatic heterocycles. The number of rotatable bonds is 3. The predicted molar refractivity (Wildman–Crippen MR) is 75.1 cm³/mol. The summed E-state index contributed by atoms with van der Waals surface area (Å²) in [5.74, 6) is -0.998. The average molecular weight is 332 g/mol. The first-order chi connectivity index (χ1) is 10.5. The molecule has 2 rings (SSSR count). The molecule has 0 saturated carbocycles. The van der Waals surface area contributed by atoms with Gasteiger partial charge in [-0.2, -0.15) is 13.2 Å². The highest BCUT2D eigenvalue weighted by Gasteiger charge is 2.51. The van der Waals surface area contributed by atoms with Gasteiger partial charge in [0.15, 0.2) is 11.7 Å². The first-order valence-electron chi connectivity index (χ1n) is 6.70. The number of carbonyl (C=O) groups excluding carboxylic acids is 2. The van der Waals surface area contributed by atoms with Crippen LogP contribution in [0, 0.1) is 0 Å². The summed E-state index contributed by atoms with van der Waals surface area (Å²) in [6, 6.07) is 4.26. The van der Waals surface area contributed by atoms with E-state index in [2.05, 4.69) is 10.6 Å². The van der Waals surface area contributed by atoms with Crippen LogP contribution in [0.1, 0.15) is 20.3 Å². The number of hydrogen-bond acceptors (Lipinski definition) is 4. The minimum absolute atomic E-state index is 0.171. The molecule has 1 aliphatic rings. The smallest absolute Gasteiger partial charge is 0.417 e. The van der Waals surface area contributed by atoms with E-state index in [1.165, 1.54) is 18.2 Å². The van der Waals surface area contributed by atoms with Crippen LogP contribution in [-0.4, -0.2) is 34.8 Å². The van der Waals surface area contributed by atoms with E-state index in [1.807, 2.05) is 0 Å². The molecular formula is C14H15F3N2O4. The molecule has 0 fully saturated rings. The van der Waals surface area contributed by atoms with Crippen molar-refractivity contribution in [1.29, 1.82) is 0 Å². The van der Waals surface area contributed by atoms with Crippen molar-refractivity contribution in [3.05, 3.63) is 18.2 Å². The van der Waals surface area contributed by atoms with Crippen molar-refractivity contribution < 1.29 is 32.6 Å². The molecule has 1 heterocycles. The Morgan fingerprint density at radius 3 is 2.70 bits per heavy atom. The van der Waals surface area contributed by atoms with E-state index in [4.69, 9.17) is 4.74 Å². The van der Waals surface area contributed by atoms with Gasteiger partial charge in [-0.1, -0.05) is 0 Å². The van der Waals surface area contributed by atoms with E-state index in [-0.39, 0.29) is 11.6 Å². The first kappa shape index (κ1) is 17.1. The highest BCUT2D eigenvalue weighted by atomic mass is 19.4. The number of amides is 2. The van der Waals surface area contributed by atoms with Crippen LogP contribution in [-0.2, 0) is 9.59 Å². The molecule has 126 valence electrons. The topological polar surface area (TPSA) is 87.7 Å². The summed E-state index contributed by atoms with van der Waals surface area (Å²) in [6.07, 6.45) is -6.73. The zero-order chi connectivity index (χ0) is 17.4. The Morgan fingerprint density at radius 1 is 1.43 bits per heavy atom. The number of carbonyl (C=O) groups is 2. The van der Waals surface area contributed by atoms with Gasteiger partial charge in [-0.25, -0.2) is 0 Å². The molecule has 0 bridgehead atoms. The van der Waals surface area contributed by atoms with Crippen molar-refractivity contribution in [3.63, 3.8) is 0 Å². The number of ether oxygens (including phenoxy) is 1. The molecule has 0 spiro atoms. The molecule has 2 amide bonds. The van der Waals surface area contributed by atoms with E-state index in [1.54, 1.807) is 6.92 Å². The molecule has 0 radical (unpaired) electrons. The van der Waals surface area contributed by atoms with Gasteiger partial charge in [0.25, 0.3) is 5.91 Å². The van der Waals surface area contributed by atoms with Crippen molar-refractivity contribution >= 4 is 23.2 Å². The van der Waals surface area contributed by atoms with Crippen LogP contribution in [0.2, 0.25) is 0 Å². The van der Waals surface area contributed by atoms with Gasteiger partial charge >= 0.3 is 6.18 Å².